The third kappa shape index (κ3) is 5.04. The van der Waals surface area contributed by atoms with Gasteiger partial charge in [0.1, 0.15) is 11.6 Å². The monoisotopic (exact) mass is 344 g/mol. The van der Waals surface area contributed by atoms with Crippen LogP contribution in [-0.4, -0.2) is 25.0 Å². The fraction of sp³-hybridized carbons (Fsp3) is 0.263. The lowest BCUT2D eigenvalue weighted by Crippen LogP contribution is -2.34. The molecule has 0 aliphatic rings. The van der Waals surface area contributed by atoms with Crippen molar-refractivity contribution < 1.29 is 18.7 Å². The quantitative estimate of drug-likeness (QED) is 0.846. The Labute approximate surface area is 146 Å². The zero-order valence-electron chi connectivity index (χ0n) is 14.4. The second-order valence-corrected chi connectivity index (χ2v) is 5.77. The average molecular weight is 344 g/mol. The van der Waals surface area contributed by atoms with Crippen molar-refractivity contribution in [1.29, 1.82) is 0 Å². The van der Waals surface area contributed by atoms with Gasteiger partial charge in [0.25, 0.3) is 5.91 Å². The van der Waals surface area contributed by atoms with Gasteiger partial charge in [-0.05, 0) is 43.2 Å². The number of hydrogen-bond donors (Lipinski definition) is 2. The summed E-state index contributed by atoms with van der Waals surface area (Å²) in [5.41, 5.74) is 1.21. The Balaban J connectivity index is 2.09. The van der Waals surface area contributed by atoms with Crippen molar-refractivity contribution in [2.24, 2.45) is 0 Å². The Hall–Kier alpha value is -2.89. The molecule has 2 amide bonds. The normalized spacial score (nSPS) is 11.5. The van der Waals surface area contributed by atoms with Crippen molar-refractivity contribution in [3.63, 3.8) is 0 Å². The van der Waals surface area contributed by atoms with Gasteiger partial charge >= 0.3 is 0 Å². The van der Waals surface area contributed by atoms with Gasteiger partial charge in [-0.3, -0.25) is 9.59 Å². The second-order valence-electron chi connectivity index (χ2n) is 5.77. The van der Waals surface area contributed by atoms with Crippen molar-refractivity contribution in [3.05, 3.63) is 59.4 Å². The minimum Gasteiger partial charge on any atom is -0.496 e. The third-order valence-corrected chi connectivity index (χ3v) is 3.63. The zero-order chi connectivity index (χ0) is 18.4. The topological polar surface area (TPSA) is 67.4 Å². The van der Waals surface area contributed by atoms with Crippen LogP contribution in [0.4, 0.5) is 10.1 Å². The van der Waals surface area contributed by atoms with Crippen molar-refractivity contribution in [2.75, 3.05) is 12.4 Å². The van der Waals surface area contributed by atoms with Gasteiger partial charge in [-0.25, -0.2) is 4.39 Å². The van der Waals surface area contributed by atoms with E-state index in [1.165, 1.54) is 19.1 Å². The number of carbonyl (C=O) groups is 2. The van der Waals surface area contributed by atoms with E-state index in [1.807, 2.05) is 31.2 Å². The molecule has 2 rings (SSSR count). The van der Waals surface area contributed by atoms with Gasteiger partial charge in [0.05, 0.1) is 12.7 Å². The first-order chi connectivity index (χ1) is 11.9. The number of rotatable bonds is 6. The van der Waals surface area contributed by atoms with E-state index in [4.69, 9.17) is 4.74 Å². The van der Waals surface area contributed by atoms with Crippen LogP contribution in [-0.2, 0) is 11.2 Å². The van der Waals surface area contributed by atoms with Crippen LogP contribution in [0.2, 0.25) is 0 Å². The highest BCUT2D eigenvalue weighted by atomic mass is 19.1. The number of halogens is 1. The fourth-order valence-corrected chi connectivity index (χ4v) is 2.53. The number of ether oxygens (including phenoxy) is 1. The van der Waals surface area contributed by atoms with Gasteiger partial charge < -0.3 is 15.4 Å². The predicted octanol–water partition coefficient (Wildman–Crippen LogP) is 3.15. The van der Waals surface area contributed by atoms with Gasteiger partial charge in [0.15, 0.2) is 0 Å². The highest BCUT2D eigenvalue weighted by Crippen LogP contribution is 2.19. The molecule has 0 unspecified atom stereocenters. The largest absolute Gasteiger partial charge is 0.496 e. The van der Waals surface area contributed by atoms with Gasteiger partial charge in [0.2, 0.25) is 5.91 Å². The summed E-state index contributed by atoms with van der Waals surface area (Å²) in [6.45, 7) is 3.18. The van der Waals surface area contributed by atoms with Crippen LogP contribution in [0.15, 0.2) is 42.5 Å². The Kier molecular flexibility index (Phi) is 6.11. The number of hydrogen-bond acceptors (Lipinski definition) is 3. The Morgan fingerprint density at radius 2 is 1.92 bits per heavy atom. The molecule has 25 heavy (non-hydrogen) atoms. The van der Waals surface area contributed by atoms with E-state index in [0.29, 0.717) is 12.1 Å². The number of para-hydroxylation sites is 1. The van der Waals surface area contributed by atoms with E-state index in [1.54, 1.807) is 7.11 Å². The highest BCUT2D eigenvalue weighted by molar-refractivity contribution is 5.97. The number of carbonyl (C=O) groups excluding carboxylic acids is 2. The van der Waals surface area contributed by atoms with Gasteiger partial charge in [-0.1, -0.05) is 18.2 Å². The van der Waals surface area contributed by atoms with Crippen LogP contribution in [0.3, 0.4) is 0 Å². The van der Waals surface area contributed by atoms with Crippen LogP contribution in [0.5, 0.6) is 5.75 Å². The number of anilines is 1. The van der Waals surface area contributed by atoms with E-state index in [2.05, 4.69) is 10.6 Å². The van der Waals surface area contributed by atoms with Crippen LogP contribution in [0.25, 0.3) is 0 Å². The minimum absolute atomic E-state index is 0.113. The molecule has 1 atom stereocenters. The lowest BCUT2D eigenvalue weighted by Gasteiger charge is -2.16. The van der Waals surface area contributed by atoms with Crippen molar-refractivity contribution in [3.8, 4) is 5.75 Å². The number of methoxy groups -OCH3 is 1. The second kappa shape index (κ2) is 8.28. The maximum Gasteiger partial charge on any atom is 0.254 e. The summed E-state index contributed by atoms with van der Waals surface area (Å²) in [6, 6.07) is 11.2. The molecule has 5 nitrogen and oxygen atoms in total. The highest BCUT2D eigenvalue weighted by Gasteiger charge is 2.16. The van der Waals surface area contributed by atoms with Crippen molar-refractivity contribution in [1.82, 2.24) is 5.32 Å². The number of benzene rings is 2. The summed E-state index contributed by atoms with van der Waals surface area (Å²) < 4.78 is 19.3. The first-order valence-electron chi connectivity index (χ1n) is 7.90. The molecule has 0 fully saturated rings. The maximum absolute atomic E-state index is 14.0. The van der Waals surface area contributed by atoms with Crippen molar-refractivity contribution in [2.45, 2.75) is 26.3 Å². The van der Waals surface area contributed by atoms with E-state index in [9.17, 15) is 14.0 Å². The first-order valence-corrected chi connectivity index (χ1v) is 7.90. The molecule has 2 N–H and O–H groups in total. The summed E-state index contributed by atoms with van der Waals surface area (Å²) in [4.78, 5) is 23.5. The molecule has 0 spiro atoms. The number of nitrogens with one attached hydrogen (secondary N) is 2. The Bertz CT molecular complexity index is 777. The molecule has 2 aromatic rings. The fourth-order valence-electron chi connectivity index (χ4n) is 2.53. The summed E-state index contributed by atoms with van der Waals surface area (Å²) in [5.74, 6) is -0.729. The van der Waals surface area contributed by atoms with Gasteiger partial charge in [-0.15, -0.1) is 0 Å². The molecule has 0 saturated heterocycles. The predicted molar refractivity (Wildman–Crippen MR) is 94.3 cm³/mol. The average Bonchev–Trinajstić information content (AvgIpc) is 2.56. The standard InChI is InChI=1S/C19H21FN2O3/c1-12(10-14-6-4-5-7-18(14)25-3)21-19(24)16-11-15(22-13(2)23)8-9-17(16)20/h4-9,11-12H,10H2,1-3H3,(H,21,24)(H,22,23)/t12-/m0/s1. The van der Waals surface area contributed by atoms with Gasteiger partial charge in [-0.2, -0.15) is 0 Å². The van der Waals surface area contributed by atoms with E-state index < -0.39 is 11.7 Å². The zero-order valence-corrected chi connectivity index (χ0v) is 14.4. The summed E-state index contributed by atoms with van der Waals surface area (Å²) in [5, 5.41) is 5.30. The Morgan fingerprint density at radius 3 is 2.60 bits per heavy atom. The molecular weight excluding hydrogens is 323 g/mol. The molecular formula is C19H21FN2O3. The van der Waals surface area contributed by atoms with Crippen LogP contribution < -0.4 is 15.4 Å². The van der Waals surface area contributed by atoms with Crippen LogP contribution in [0, 0.1) is 5.82 Å². The lowest BCUT2D eigenvalue weighted by atomic mass is 10.1. The Morgan fingerprint density at radius 1 is 1.20 bits per heavy atom. The molecule has 0 bridgehead atoms. The molecule has 0 aliphatic heterocycles. The van der Waals surface area contributed by atoms with Crippen molar-refractivity contribution >= 4 is 17.5 Å². The van der Waals surface area contributed by atoms with Gasteiger partial charge in [0, 0.05) is 18.7 Å². The van der Waals surface area contributed by atoms with E-state index >= 15 is 0 Å². The molecule has 0 heterocycles. The lowest BCUT2D eigenvalue weighted by molar-refractivity contribution is -0.114. The molecule has 0 radical (unpaired) electrons. The molecule has 6 heteroatoms. The first kappa shape index (κ1) is 18.4. The molecule has 0 aromatic heterocycles. The van der Waals surface area contributed by atoms with Crippen LogP contribution in [0.1, 0.15) is 29.8 Å². The molecule has 0 saturated carbocycles. The SMILES string of the molecule is COc1ccccc1C[C@H](C)NC(=O)c1cc(NC(C)=O)ccc1F. The van der Waals surface area contributed by atoms with E-state index in [-0.39, 0.29) is 17.5 Å². The summed E-state index contributed by atoms with van der Waals surface area (Å²) >= 11 is 0. The molecule has 132 valence electrons. The number of amides is 2. The maximum atomic E-state index is 14.0. The minimum atomic E-state index is -0.643. The molecule has 0 aliphatic carbocycles. The van der Waals surface area contributed by atoms with Crippen LogP contribution >= 0.6 is 0 Å². The summed E-state index contributed by atoms with van der Waals surface area (Å²) in [7, 11) is 1.59. The van der Waals surface area contributed by atoms with E-state index in [0.717, 1.165) is 17.4 Å². The summed E-state index contributed by atoms with van der Waals surface area (Å²) in [6.07, 6.45) is 0.544. The molecule has 2 aromatic carbocycles. The third-order valence-electron chi connectivity index (χ3n) is 3.63. The smallest absolute Gasteiger partial charge is 0.254 e.